The Labute approximate surface area is 86.0 Å². The minimum absolute atomic E-state index is 0.0278. The zero-order valence-corrected chi connectivity index (χ0v) is 8.81. The molecule has 0 radical (unpaired) electrons. The van der Waals surface area contributed by atoms with Crippen molar-refractivity contribution in [2.24, 2.45) is 0 Å². The molecule has 3 N–H and O–H groups in total. The van der Waals surface area contributed by atoms with E-state index in [1.165, 1.54) is 0 Å². The van der Waals surface area contributed by atoms with E-state index in [-0.39, 0.29) is 20.9 Å². The molecule has 0 aromatic heterocycles. The molecule has 0 bridgehead atoms. The van der Waals surface area contributed by atoms with Crippen LogP contribution in [0.2, 0.25) is 0 Å². The van der Waals surface area contributed by atoms with E-state index in [9.17, 15) is 0 Å². The molecule has 5 nitrogen and oxygen atoms in total. The molecule has 0 rings (SSSR count). The standard InChI is InChI=1S/C4H11BO2.C4H10O3/c1-2-3-4-7-5-6;5-1-3-7-4-2-6/h5-6H,2-4H2,1H3;5-6H,1-4H2. The molecule has 0 spiro atoms. The van der Waals surface area contributed by atoms with E-state index in [2.05, 4.69) is 16.3 Å². The van der Waals surface area contributed by atoms with Crippen molar-refractivity contribution in [2.75, 3.05) is 33.0 Å². The predicted octanol–water partition coefficient (Wildman–Crippen LogP) is -0.951. The first-order valence-corrected chi connectivity index (χ1v) is 4.81. The van der Waals surface area contributed by atoms with Gasteiger partial charge < -0.3 is 24.6 Å². The molecule has 0 amide bonds. The normalized spacial score (nSPS) is 9.14. The lowest BCUT2D eigenvalue weighted by atomic mass is 10.3. The van der Waals surface area contributed by atoms with Gasteiger partial charge in [-0.05, 0) is 6.42 Å². The van der Waals surface area contributed by atoms with Crippen molar-refractivity contribution in [3.63, 3.8) is 0 Å². The molecule has 0 aliphatic rings. The van der Waals surface area contributed by atoms with E-state index >= 15 is 0 Å². The fourth-order valence-corrected chi connectivity index (χ4v) is 0.542. The second kappa shape index (κ2) is 18.6. The van der Waals surface area contributed by atoms with Crippen LogP contribution < -0.4 is 0 Å². The third kappa shape index (κ3) is 22.6. The van der Waals surface area contributed by atoms with Crippen LogP contribution in [0, 0.1) is 0 Å². The lowest BCUT2D eigenvalue weighted by Gasteiger charge is -1.94. The van der Waals surface area contributed by atoms with Crippen LogP contribution in [0.25, 0.3) is 0 Å². The van der Waals surface area contributed by atoms with Gasteiger partial charge >= 0.3 is 7.69 Å². The first-order valence-electron chi connectivity index (χ1n) is 4.81. The summed E-state index contributed by atoms with van der Waals surface area (Å²) in [4.78, 5) is 0. The molecule has 0 fully saturated rings. The number of ether oxygens (including phenoxy) is 1. The van der Waals surface area contributed by atoms with Gasteiger partial charge in [0.1, 0.15) is 0 Å². The number of hydrogen-bond donors (Lipinski definition) is 3. The molecule has 6 heteroatoms. The summed E-state index contributed by atoms with van der Waals surface area (Å²) in [6.07, 6.45) is 2.17. The fraction of sp³-hybridized carbons (Fsp3) is 1.00. The van der Waals surface area contributed by atoms with Crippen molar-refractivity contribution < 1.29 is 24.6 Å². The van der Waals surface area contributed by atoms with Crippen molar-refractivity contribution in [3.05, 3.63) is 0 Å². The van der Waals surface area contributed by atoms with Gasteiger partial charge in [0.25, 0.3) is 0 Å². The van der Waals surface area contributed by atoms with Crippen LogP contribution in [0.5, 0.6) is 0 Å². The van der Waals surface area contributed by atoms with Crippen LogP contribution in [0.3, 0.4) is 0 Å². The highest BCUT2D eigenvalue weighted by Crippen LogP contribution is 1.84. The number of hydrogen-bond acceptors (Lipinski definition) is 5. The van der Waals surface area contributed by atoms with Gasteiger partial charge in [-0.15, -0.1) is 0 Å². The molecule has 0 heterocycles. The zero-order chi connectivity index (χ0) is 11.1. The minimum atomic E-state index is -0.139. The van der Waals surface area contributed by atoms with E-state index in [4.69, 9.17) is 15.2 Å². The second-order valence-corrected chi connectivity index (χ2v) is 2.45. The molecule has 0 aliphatic heterocycles. The Morgan fingerprint density at radius 3 is 2.00 bits per heavy atom. The first-order chi connectivity index (χ1) is 6.83. The van der Waals surface area contributed by atoms with Crippen LogP contribution in [0.15, 0.2) is 0 Å². The summed E-state index contributed by atoms with van der Waals surface area (Å²) in [5, 5.41) is 24.2. The largest absolute Gasteiger partial charge is 0.435 e. The van der Waals surface area contributed by atoms with Crippen LogP contribution in [-0.2, 0) is 9.39 Å². The van der Waals surface area contributed by atoms with Crippen molar-refractivity contribution in [1.29, 1.82) is 0 Å². The number of rotatable bonds is 8. The molecule has 0 unspecified atom stereocenters. The van der Waals surface area contributed by atoms with Gasteiger partial charge in [0.05, 0.1) is 26.4 Å². The second-order valence-electron chi connectivity index (χ2n) is 2.45. The van der Waals surface area contributed by atoms with Crippen molar-refractivity contribution in [2.45, 2.75) is 19.8 Å². The highest BCUT2D eigenvalue weighted by atomic mass is 16.5. The monoisotopic (exact) mass is 208 g/mol. The molecule has 0 saturated heterocycles. The Hall–Kier alpha value is -0.135. The van der Waals surface area contributed by atoms with Crippen LogP contribution in [0.4, 0.5) is 0 Å². The van der Waals surface area contributed by atoms with Crippen LogP contribution in [-0.4, -0.2) is 56.0 Å². The molecular formula is C8H21BO5. The quantitative estimate of drug-likeness (QED) is 0.354. The molecule has 0 aliphatic carbocycles. The summed E-state index contributed by atoms with van der Waals surface area (Å²) in [5.74, 6) is 0. The lowest BCUT2D eigenvalue weighted by Crippen LogP contribution is -2.03. The fourth-order valence-electron chi connectivity index (χ4n) is 0.542. The molecular weight excluding hydrogens is 187 g/mol. The average molecular weight is 208 g/mol. The van der Waals surface area contributed by atoms with Crippen LogP contribution >= 0.6 is 0 Å². The highest BCUT2D eigenvalue weighted by Gasteiger charge is 1.82. The molecule has 0 saturated carbocycles. The molecule has 0 aromatic rings. The van der Waals surface area contributed by atoms with E-state index in [1.807, 2.05) is 0 Å². The Morgan fingerprint density at radius 2 is 1.64 bits per heavy atom. The lowest BCUT2D eigenvalue weighted by molar-refractivity contribution is 0.0650. The van der Waals surface area contributed by atoms with E-state index in [0.29, 0.717) is 19.8 Å². The van der Waals surface area contributed by atoms with Gasteiger partial charge in [-0.25, -0.2) is 0 Å². The van der Waals surface area contributed by atoms with Gasteiger partial charge in [-0.2, -0.15) is 0 Å². The summed E-state index contributed by atoms with van der Waals surface area (Å²) in [6, 6.07) is 0. The van der Waals surface area contributed by atoms with Crippen LogP contribution in [0.1, 0.15) is 19.8 Å². The number of unbranched alkanes of at least 4 members (excludes halogenated alkanes) is 1. The summed E-state index contributed by atoms with van der Waals surface area (Å²) in [6.45, 7) is 3.47. The van der Waals surface area contributed by atoms with E-state index in [1.54, 1.807) is 0 Å². The molecule has 0 aromatic carbocycles. The Bertz CT molecular complexity index is 66.1. The van der Waals surface area contributed by atoms with Crippen molar-refractivity contribution >= 4 is 7.69 Å². The maximum atomic E-state index is 8.09. The van der Waals surface area contributed by atoms with E-state index < -0.39 is 0 Å². The Balaban J connectivity index is 0. The average Bonchev–Trinajstić information content (AvgIpc) is 2.21. The Kier molecular flexibility index (Phi) is 21.7. The Morgan fingerprint density at radius 1 is 1.07 bits per heavy atom. The van der Waals surface area contributed by atoms with Gasteiger partial charge in [0.15, 0.2) is 0 Å². The molecule has 14 heavy (non-hydrogen) atoms. The van der Waals surface area contributed by atoms with Gasteiger partial charge in [0.2, 0.25) is 0 Å². The maximum absolute atomic E-state index is 8.09. The van der Waals surface area contributed by atoms with Gasteiger partial charge in [0, 0.05) is 6.61 Å². The summed E-state index contributed by atoms with van der Waals surface area (Å²) in [5.41, 5.74) is 0. The third-order valence-electron chi connectivity index (χ3n) is 1.20. The number of aliphatic hydroxyl groups excluding tert-OH is 2. The predicted molar refractivity (Wildman–Crippen MR) is 55.2 cm³/mol. The van der Waals surface area contributed by atoms with Gasteiger partial charge in [-0.1, -0.05) is 13.3 Å². The summed E-state index contributed by atoms with van der Waals surface area (Å²) >= 11 is 0. The highest BCUT2D eigenvalue weighted by molar-refractivity contribution is 6.15. The van der Waals surface area contributed by atoms with Gasteiger partial charge in [-0.3, -0.25) is 0 Å². The summed E-state index contributed by atoms with van der Waals surface area (Å²) in [7, 11) is -0.139. The van der Waals surface area contributed by atoms with Crippen molar-refractivity contribution in [1.82, 2.24) is 0 Å². The molecule has 86 valence electrons. The molecule has 0 atom stereocenters. The zero-order valence-electron chi connectivity index (χ0n) is 8.81. The van der Waals surface area contributed by atoms with E-state index in [0.717, 1.165) is 12.8 Å². The first kappa shape index (κ1) is 16.3. The topological polar surface area (TPSA) is 79.2 Å². The maximum Gasteiger partial charge on any atom is 0.435 e. The minimum Gasteiger partial charge on any atom is -0.430 e. The SMILES string of the molecule is CCCCOBO.OCCOCCO. The van der Waals surface area contributed by atoms with Crippen molar-refractivity contribution in [3.8, 4) is 0 Å². The number of aliphatic hydroxyl groups is 2. The third-order valence-corrected chi connectivity index (χ3v) is 1.20. The smallest absolute Gasteiger partial charge is 0.430 e. The summed E-state index contributed by atoms with van der Waals surface area (Å²) < 4.78 is 9.26.